The fraction of sp³-hybridized carbons (Fsp3) is 0.750. The zero-order valence-corrected chi connectivity index (χ0v) is 20.3. The van der Waals surface area contributed by atoms with Crippen molar-refractivity contribution in [3.8, 4) is 0 Å². The van der Waals surface area contributed by atoms with Crippen LogP contribution >= 0.6 is 24.0 Å². The zero-order valence-electron chi connectivity index (χ0n) is 18.0. The van der Waals surface area contributed by atoms with Gasteiger partial charge in [-0.3, -0.25) is 19.4 Å². The normalized spacial score (nSPS) is 19.2. The molecule has 0 spiro atoms. The number of hydrogen-bond donors (Lipinski definition) is 1. The smallest absolute Gasteiger partial charge is 0.239 e. The molecule has 2 saturated heterocycles. The maximum absolute atomic E-state index is 12.7. The van der Waals surface area contributed by atoms with Crippen LogP contribution in [0.15, 0.2) is 17.4 Å². The molecule has 29 heavy (non-hydrogen) atoms. The summed E-state index contributed by atoms with van der Waals surface area (Å²) in [5.41, 5.74) is 1.21. The predicted molar refractivity (Wildman–Crippen MR) is 127 cm³/mol. The summed E-state index contributed by atoms with van der Waals surface area (Å²) in [6.07, 6.45) is 7.13. The Hall–Kier alpha value is -1.36. The van der Waals surface area contributed by atoms with Gasteiger partial charge >= 0.3 is 0 Å². The third-order valence-corrected chi connectivity index (χ3v) is 5.69. The van der Waals surface area contributed by atoms with Crippen molar-refractivity contribution in [2.45, 2.75) is 39.2 Å². The van der Waals surface area contributed by atoms with Gasteiger partial charge in [-0.05, 0) is 38.7 Å². The molecule has 0 radical (unpaired) electrons. The van der Waals surface area contributed by atoms with E-state index in [1.165, 1.54) is 5.56 Å². The highest BCUT2D eigenvalue weighted by molar-refractivity contribution is 14.0. The minimum atomic E-state index is -0.0228. The summed E-state index contributed by atoms with van der Waals surface area (Å²) in [5.74, 6) is 1.27. The van der Waals surface area contributed by atoms with Gasteiger partial charge in [0.15, 0.2) is 5.96 Å². The number of aromatic nitrogens is 2. The summed E-state index contributed by atoms with van der Waals surface area (Å²) >= 11 is 0. The number of carbonyl (C=O) groups is 1. The molecule has 0 bridgehead atoms. The Labute approximate surface area is 191 Å². The Balaban J connectivity index is 0.00000300. The molecule has 164 valence electrons. The molecule has 1 aromatic heterocycles. The van der Waals surface area contributed by atoms with Crippen molar-refractivity contribution in [3.63, 3.8) is 0 Å². The minimum absolute atomic E-state index is 0. The molecule has 8 nitrogen and oxygen atoms in total. The largest absolute Gasteiger partial charge is 0.357 e. The molecular weight excluding hydrogens is 481 g/mol. The number of hydrogen-bond acceptors (Lipinski definition) is 4. The molecule has 1 aromatic rings. The highest BCUT2D eigenvalue weighted by atomic mass is 127. The lowest BCUT2D eigenvalue weighted by Crippen LogP contribution is -2.57. The molecule has 1 amide bonds. The number of guanidine groups is 1. The van der Waals surface area contributed by atoms with E-state index in [4.69, 9.17) is 4.99 Å². The van der Waals surface area contributed by atoms with Gasteiger partial charge in [0, 0.05) is 65.6 Å². The first-order valence-electron chi connectivity index (χ1n) is 10.6. The molecule has 2 fully saturated rings. The quantitative estimate of drug-likeness (QED) is 0.349. The van der Waals surface area contributed by atoms with Crippen molar-refractivity contribution < 1.29 is 4.79 Å². The van der Waals surface area contributed by atoms with E-state index in [0.717, 1.165) is 77.6 Å². The van der Waals surface area contributed by atoms with Crippen molar-refractivity contribution in [2.75, 3.05) is 52.4 Å². The van der Waals surface area contributed by atoms with Gasteiger partial charge in [0.05, 0.1) is 12.2 Å². The van der Waals surface area contributed by atoms with Crippen LogP contribution in [0.2, 0.25) is 0 Å². The number of piperazine rings is 1. The third kappa shape index (κ3) is 6.56. The summed E-state index contributed by atoms with van der Waals surface area (Å²) in [6, 6.07) is -0.0228. The summed E-state index contributed by atoms with van der Waals surface area (Å²) in [4.78, 5) is 24.1. The van der Waals surface area contributed by atoms with Crippen molar-refractivity contribution in [3.05, 3.63) is 18.0 Å². The van der Waals surface area contributed by atoms with Gasteiger partial charge in [0.2, 0.25) is 5.91 Å². The average molecular weight is 517 g/mol. The van der Waals surface area contributed by atoms with Crippen LogP contribution in [0.5, 0.6) is 0 Å². The van der Waals surface area contributed by atoms with Crippen molar-refractivity contribution in [1.82, 2.24) is 29.8 Å². The first kappa shape index (κ1) is 23.9. The molecule has 1 N–H and O–H groups in total. The number of aliphatic imine (C=N–C) groups is 1. The lowest BCUT2D eigenvalue weighted by molar-refractivity contribution is -0.135. The third-order valence-electron chi connectivity index (χ3n) is 5.69. The Morgan fingerprint density at radius 1 is 1.17 bits per heavy atom. The maximum atomic E-state index is 12.7. The number of nitrogens with zero attached hydrogens (tertiary/aromatic N) is 6. The Morgan fingerprint density at radius 3 is 2.45 bits per heavy atom. The molecule has 0 aromatic carbocycles. The first-order valence-corrected chi connectivity index (χ1v) is 10.6. The molecular formula is C20H36IN7O. The highest BCUT2D eigenvalue weighted by Gasteiger charge is 2.30. The highest BCUT2D eigenvalue weighted by Crippen LogP contribution is 2.14. The number of halogens is 1. The molecule has 3 rings (SSSR count). The molecule has 1 atom stereocenters. The lowest BCUT2D eigenvalue weighted by Gasteiger charge is -2.39. The molecule has 9 heteroatoms. The summed E-state index contributed by atoms with van der Waals surface area (Å²) in [6.45, 7) is 11.2. The molecule has 2 aliphatic heterocycles. The van der Waals surface area contributed by atoms with Crippen LogP contribution in [0.25, 0.3) is 0 Å². The predicted octanol–water partition coefficient (Wildman–Crippen LogP) is 1.17. The second-order valence-electron chi connectivity index (χ2n) is 7.74. The number of carbonyl (C=O) groups excluding carboxylic acids is 1. The Kier molecular flexibility index (Phi) is 9.67. The fourth-order valence-electron chi connectivity index (χ4n) is 4.00. The summed E-state index contributed by atoms with van der Waals surface area (Å²) in [5, 5.41) is 7.63. The van der Waals surface area contributed by atoms with Crippen LogP contribution in [0, 0.1) is 0 Å². The fourth-order valence-corrected chi connectivity index (χ4v) is 4.00. The summed E-state index contributed by atoms with van der Waals surface area (Å²) < 4.78 is 1.83. The van der Waals surface area contributed by atoms with Gasteiger partial charge < -0.3 is 15.1 Å². The van der Waals surface area contributed by atoms with Crippen molar-refractivity contribution >= 4 is 35.8 Å². The lowest BCUT2D eigenvalue weighted by atomic mass is 10.2. The van der Waals surface area contributed by atoms with Crippen LogP contribution in [0.3, 0.4) is 0 Å². The van der Waals surface area contributed by atoms with Crippen molar-refractivity contribution in [1.29, 1.82) is 0 Å². The average Bonchev–Trinajstić information content (AvgIpc) is 3.38. The van der Waals surface area contributed by atoms with Crippen LogP contribution in [-0.4, -0.2) is 94.7 Å². The van der Waals surface area contributed by atoms with Gasteiger partial charge in [-0.25, -0.2) is 0 Å². The maximum Gasteiger partial charge on any atom is 0.239 e. The Morgan fingerprint density at radius 2 is 1.86 bits per heavy atom. The SMILES string of the molecule is CCNC(=NCCc1cnn(C)c1)N1CCN(C(C)C(=O)N2CCCC2)CC1.I. The van der Waals surface area contributed by atoms with Gasteiger partial charge in [-0.15, -0.1) is 24.0 Å². The van der Waals surface area contributed by atoms with Crippen LogP contribution < -0.4 is 5.32 Å². The monoisotopic (exact) mass is 517 g/mol. The van der Waals surface area contributed by atoms with Crippen LogP contribution in [0.1, 0.15) is 32.3 Å². The van der Waals surface area contributed by atoms with Gasteiger partial charge in [0.25, 0.3) is 0 Å². The van der Waals surface area contributed by atoms with E-state index in [-0.39, 0.29) is 30.0 Å². The Bertz CT molecular complexity index is 664. The number of amides is 1. The van der Waals surface area contributed by atoms with E-state index >= 15 is 0 Å². The van der Waals surface area contributed by atoms with Crippen LogP contribution in [0.4, 0.5) is 0 Å². The second kappa shape index (κ2) is 11.7. The van der Waals surface area contributed by atoms with Gasteiger partial charge in [-0.1, -0.05) is 0 Å². The van der Waals surface area contributed by atoms with Crippen molar-refractivity contribution in [2.24, 2.45) is 12.0 Å². The second-order valence-corrected chi connectivity index (χ2v) is 7.74. The van der Waals surface area contributed by atoms with Gasteiger partial charge in [-0.2, -0.15) is 5.10 Å². The molecule has 0 saturated carbocycles. The zero-order chi connectivity index (χ0) is 19.9. The topological polar surface area (TPSA) is 69.0 Å². The van der Waals surface area contributed by atoms with E-state index in [1.807, 2.05) is 29.0 Å². The van der Waals surface area contributed by atoms with E-state index in [1.54, 1.807) is 0 Å². The molecule has 2 aliphatic rings. The molecule has 3 heterocycles. The van der Waals surface area contributed by atoms with E-state index in [9.17, 15) is 4.79 Å². The van der Waals surface area contributed by atoms with Crippen LogP contribution in [-0.2, 0) is 18.3 Å². The number of likely N-dealkylation sites (tertiary alicyclic amines) is 1. The van der Waals surface area contributed by atoms with E-state index in [2.05, 4.69) is 34.1 Å². The molecule has 1 unspecified atom stereocenters. The number of nitrogens with one attached hydrogen (secondary N) is 1. The molecule has 0 aliphatic carbocycles. The first-order chi connectivity index (χ1) is 13.6. The number of aryl methyl sites for hydroxylation is 1. The number of rotatable bonds is 6. The van der Waals surface area contributed by atoms with E-state index < -0.39 is 0 Å². The minimum Gasteiger partial charge on any atom is -0.357 e. The van der Waals surface area contributed by atoms with E-state index in [0.29, 0.717) is 5.91 Å². The van der Waals surface area contributed by atoms with Gasteiger partial charge in [0.1, 0.15) is 0 Å². The summed E-state index contributed by atoms with van der Waals surface area (Å²) in [7, 11) is 1.94. The standard InChI is InChI=1S/C20H35N7O.HI/c1-4-21-20(22-8-7-18-15-23-24(3)16-18)27-13-11-25(12-14-27)17(2)19(28)26-9-5-6-10-26;/h15-17H,4-14H2,1-3H3,(H,21,22);1H.